The molecule has 0 bridgehead atoms. The molecule has 3 heterocycles. The van der Waals surface area contributed by atoms with Crippen molar-refractivity contribution in [2.75, 3.05) is 5.32 Å². The van der Waals surface area contributed by atoms with E-state index in [2.05, 4.69) is 39.4 Å². The average molecular weight is 291 g/mol. The third-order valence-corrected chi connectivity index (χ3v) is 4.20. The molecule has 0 spiro atoms. The van der Waals surface area contributed by atoms with Crippen molar-refractivity contribution in [3.63, 3.8) is 0 Å². The molecule has 102 valence electrons. The van der Waals surface area contributed by atoms with Crippen LogP contribution in [0, 0.1) is 0 Å². The Morgan fingerprint density at radius 2 is 1.76 bits per heavy atom. The zero-order valence-corrected chi connectivity index (χ0v) is 12.0. The number of aromatic nitrogens is 2. The Balaban J connectivity index is 1.91. The average Bonchev–Trinajstić information content (AvgIpc) is 3.16. The zero-order valence-electron chi connectivity index (χ0n) is 11.2. The lowest BCUT2D eigenvalue weighted by molar-refractivity contribution is 1.18. The Labute approximate surface area is 126 Å². The smallest absolute Gasteiger partial charge is 0.144 e. The summed E-state index contributed by atoms with van der Waals surface area (Å²) in [5.41, 5.74) is 2.99. The lowest BCUT2D eigenvalue weighted by atomic mass is 10.3. The largest absolute Gasteiger partial charge is 0.339 e. The Morgan fingerprint density at radius 3 is 2.57 bits per heavy atom. The molecule has 4 aromatic rings. The van der Waals surface area contributed by atoms with Gasteiger partial charge in [-0.15, -0.1) is 11.3 Å². The van der Waals surface area contributed by atoms with E-state index < -0.39 is 0 Å². The monoisotopic (exact) mass is 291 g/mol. The van der Waals surface area contributed by atoms with Crippen LogP contribution in [0.5, 0.6) is 0 Å². The zero-order chi connectivity index (χ0) is 14.1. The first-order valence-electron chi connectivity index (χ1n) is 6.75. The fourth-order valence-corrected chi connectivity index (χ4v) is 3.07. The summed E-state index contributed by atoms with van der Waals surface area (Å²) >= 11 is 1.70. The van der Waals surface area contributed by atoms with Gasteiger partial charge in [-0.1, -0.05) is 30.3 Å². The van der Waals surface area contributed by atoms with Crippen molar-refractivity contribution >= 4 is 28.5 Å². The van der Waals surface area contributed by atoms with E-state index in [1.54, 1.807) is 11.3 Å². The normalized spacial score (nSPS) is 10.9. The highest BCUT2D eigenvalue weighted by molar-refractivity contribution is 7.13. The second-order valence-electron chi connectivity index (χ2n) is 4.71. The van der Waals surface area contributed by atoms with Crippen molar-refractivity contribution in [1.82, 2.24) is 9.38 Å². The first kappa shape index (κ1) is 12.2. The second-order valence-corrected chi connectivity index (χ2v) is 5.65. The molecule has 3 aromatic heterocycles. The van der Waals surface area contributed by atoms with Crippen LogP contribution in [0.15, 0.2) is 72.2 Å². The van der Waals surface area contributed by atoms with Crippen LogP contribution in [-0.2, 0) is 0 Å². The number of pyridine rings is 1. The van der Waals surface area contributed by atoms with Crippen molar-refractivity contribution in [2.24, 2.45) is 0 Å². The van der Waals surface area contributed by atoms with Gasteiger partial charge in [-0.3, -0.25) is 4.40 Å². The van der Waals surface area contributed by atoms with E-state index >= 15 is 0 Å². The number of benzene rings is 1. The van der Waals surface area contributed by atoms with Crippen molar-refractivity contribution in [2.45, 2.75) is 0 Å². The first-order valence-corrected chi connectivity index (χ1v) is 7.63. The summed E-state index contributed by atoms with van der Waals surface area (Å²) in [5, 5.41) is 5.57. The van der Waals surface area contributed by atoms with E-state index in [1.807, 2.05) is 42.6 Å². The Hall–Kier alpha value is -2.59. The minimum absolute atomic E-state index is 0.944. The molecule has 4 heteroatoms. The van der Waals surface area contributed by atoms with Crippen LogP contribution in [0.25, 0.3) is 16.2 Å². The van der Waals surface area contributed by atoms with Gasteiger partial charge in [-0.25, -0.2) is 4.98 Å². The van der Waals surface area contributed by atoms with Gasteiger partial charge in [-0.2, -0.15) is 0 Å². The Morgan fingerprint density at radius 1 is 0.905 bits per heavy atom. The number of imidazole rings is 1. The van der Waals surface area contributed by atoms with Gasteiger partial charge in [0.05, 0.1) is 4.88 Å². The molecular formula is C17H13N3S. The summed E-state index contributed by atoms with van der Waals surface area (Å²) in [6.45, 7) is 0. The molecule has 3 nitrogen and oxygen atoms in total. The molecule has 0 saturated carbocycles. The van der Waals surface area contributed by atoms with Crippen LogP contribution >= 0.6 is 11.3 Å². The molecule has 0 atom stereocenters. The number of hydrogen-bond donors (Lipinski definition) is 1. The van der Waals surface area contributed by atoms with Gasteiger partial charge in [0.2, 0.25) is 0 Å². The Kier molecular flexibility index (Phi) is 2.94. The van der Waals surface area contributed by atoms with E-state index in [4.69, 9.17) is 4.98 Å². The number of fused-ring (bicyclic) bond motifs is 1. The molecule has 4 rings (SSSR count). The van der Waals surface area contributed by atoms with Gasteiger partial charge in [0, 0.05) is 11.9 Å². The summed E-state index contributed by atoms with van der Waals surface area (Å²) in [5.74, 6) is 0.999. The fraction of sp³-hybridized carbons (Fsp3) is 0. The second kappa shape index (κ2) is 5.07. The molecule has 0 aliphatic heterocycles. The highest BCUT2D eigenvalue weighted by Gasteiger charge is 2.14. The van der Waals surface area contributed by atoms with Crippen molar-refractivity contribution < 1.29 is 0 Å². The lowest BCUT2D eigenvalue weighted by Gasteiger charge is -2.07. The summed E-state index contributed by atoms with van der Waals surface area (Å²) < 4.78 is 2.09. The quantitative estimate of drug-likeness (QED) is 0.587. The Bertz CT molecular complexity index is 864. The SMILES string of the molecule is c1ccc(Nc2c(-c3cccs3)nc3ccccn23)cc1. The van der Waals surface area contributed by atoms with Gasteiger partial charge < -0.3 is 5.32 Å². The molecule has 21 heavy (non-hydrogen) atoms. The summed E-state index contributed by atoms with van der Waals surface area (Å²) in [4.78, 5) is 5.93. The van der Waals surface area contributed by atoms with Gasteiger partial charge in [0.25, 0.3) is 0 Å². The maximum atomic E-state index is 4.76. The van der Waals surface area contributed by atoms with Crippen LogP contribution < -0.4 is 5.32 Å². The maximum Gasteiger partial charge on any atom is 0.144 e. The molecule has 1 aromatic carbocycles. The predicted octanol–water partition coefficient (Wildman–Crippen LogP) is 4.81. The molecule has 0 amide bonds. The van der Waals surface area contributed by atoms with Crippen LogP contribution in [0.4, 0.5) is 11.5 Å². The number of nitrogens with one attached hydrogen (secondary N) is 1. The van der Waals surface area contributed by atoms with Crippen molar-refractivity contribution in [3.8, 4) is 10.6 Å². The van der Waals surface area contributed by atoms with Gasteiger partial charge in [0.1, 0.15) is 17.2 Å². The summed E-state index contributed by atoms with van der Waals surface area (Å²) in [7, 11) is 0. The number of thiophene rings is 1. The van der Waals surface area contributed by atoms with E-state index in [1.165, 1.54) is 0 Å². The molecule has 0 aliphatic rings. The number of nitrogens with zero attached hydrogens (tertiary/aromatic N) is 2. The van der Waals surface area contributed by atoms with Gasteiger partial charge in [0.15, 0.2) is 0 Å². The fourth-order valence-electron chi connectivity index (χ4n) is 2.36. The first-order chi connectivity index (χ1) is 10.4. The van der Waals surface area contributed by atoms with E-state index in [9.17, 15) is 0 Å². The summed E-state index contributed by atoms with van der Waals surface area (Å²) in [6.07, 6.45) is 2.03. The number of para-hydroxylation sites is 1. The standard InChI is InChI=1S/C17H13N3S/c1-2-7-13(8-3-1)18-17-16(14-9-6-12-21-14)19-15-10-4-5-11-20(15)17/h1-12,18H. The molecule has 0 aliphatic carbocycles. The maximum absolute atomic E-state index is 4.76. The topological polar surface area (TPSA) is 29.3 Å². The molecule has 0 fully saturated rings. The van der Waals surface area contributed by atoms with Gasteiger partial charge >= 0.3 is 0 Å². The predicted molar refractivity (Wildman–Crippen MR) is 88.2 cm³/mol. The van der Waals surface area contributed by atoms with Crippen molar-refractivity contribution in [1.29, 1.82) is 0 Å². The van der Waals surface area contributed by atoms with E-state index in [-0.39, 0.29) is 0 Å². The molecule has 0 saturated heterocycles. The molecular weight excluding hydrogens is 278 g/mol. The van der Waals surface area contributed by atoms with Gasteiger partial charge in [-0.05, 0) is 35.7 Å². The van der Waals surface area contributed by atoms with Crippen LogP contribution in [0.3, 0.4) is 0 Å². The highest BCUT2D eigenvalue weighted by Crippen LogP contribution is 2.33. The van der Waals surface area contributed by atoms with E-state index in [0.29, 0.717) is 0 Å². The number of rotatable bonds is 3. The highest BCUT2D eigenvalue weighted by atomic mass is 32.1. The molecule has 1 N–H and O–H groups in total. The van der Waals surface area contributed by atoms with Crippen molar-refractivity contribution in [3.05, 3.63) is 72.2 Å². The van der Waals surface area contributed by atoms with Crippen LogP contribution in [-0.4, -0.2) is 9.38 Å². The minimum Gasteiger partial charge on any atom is -0.339 e. The number of anilines is 2. The van der Waals surface area contributed by atoms with Crippen LogP contribution in [0.1, 0.15) is 0 Å². The minimum atomic E-state index is 0.944. The molecule has 0 unspecified atom stereocenters. The van der Waals surface area contributed by atoms with Crippen LogP contribution in [0.2, 0.25) is 0 Å². The van der Waals surface area contributed by atoms with E-state index in [0.717, 1.165) is 27.7 Å². The summed E-state index contributed by atoms with van der Waals surface area (Å²) in [6, 6.07) is 20.4. The number of hydrogen-bond acceptors (Lipinski definition) is 3. The lowest BCUT2D eigenvalue weighted by Crippen LogP contribution is -1.95. The third-order valence-electron chi connectivity index (χ3n) is 3.32. The third kappa shape index (κ3) is 2.19. The molecule has 0 radical (unpaired) electrons.